The average molecular weight is 366 g/mol. The molecule has 1 saturated heterocycles. The Kier molecular flexibility index (Phi) is 4.07. The smallest absolute Gasteiger partial charge is 0.325 e. The van der Waals surface area contributed by atoms with E-state index in [-0.39, 0.29) is 12.3 Å². The van der Waals surface area contributed by atoms with E-state index in [0.717, 1.165) is 4.90 Å². The highest BCUT2D eigenvalue weighted by atomic mass is 16.5. The predicted octanol–water partition coefficient (Wildman–Crippen LogP) is 2.11. The molecule has 3 amide bonds. The van der Waals surface area contributed by atoms with E-state index in [1.165, 1.54) is 7.11 Å². The van der Waals surface area contributed by atoms with Crippen molar-refractivity contribution in [2.75, 3.05) is 20.3 Å². The summed E-state index contributed by atoms with van der Waals surface area (Å²) < 4.78 is 10.7. The summed E-state index contributed by atoms with van der Waals surface area (Å²) >= 11 is 0. The number of imide groups is 1. The molecule has 0 saturated carbocycles. The fourth-order valence-corrected chi connectivity index (χ4v) is 3.53. The van der Waals surface area contributed by atoms with E-state index in [1.54, 1.807) is 42.5 Å². The number of ketones is 1. The van der Waals surface area contributed by atoms with Crippen LogP contribution in [0.5, 0.6) is 11.5 Å². The SMILES string of the molecule is COc1ccc(C(=O)CN2C(=O)NC3(CCOc4ccccc43)C2=O)cc1. The minimum absolute atomic E-state index is 0.309. The number of hydrogen-bond donors (Lipinski definition) is 1. The lowest BCUT2D eigenvalue weighted by Crippen LogP contribution is -2.47. The van der Waals surface area contributed by atoms with Gasteiger partial charge in [-0.3, -0.25) is 14.5 Å². The number of rotatable bonds is 4. The lowest BCUT2D eigenvalue weighted by atomic mass is 9.84. The zero-order valence-corrected chi connectivity index (χ0v) is 14.7. The molecule has 0 bridgehead atoms. The fraction of sp³-hybridized carbons (Fsp3) is 0.250. The molecule has 1 spiro atoms. The maximum atomic E-state index is 13.1. The summed E-state index contributed by atoms with van der Waals surface area (Å²) in [6, 6.07) is 13.1. The molecule has 0 aromatic heterocycles. The minimum Gasteiger partial charge on any atom is -0.497 e. The quantitative estimate of drug-likeness (QED) is 0.662. The van der Waals surface area contributed by atoms with Crippen molar-refractivity contribution in [3.8, 4) is 11.5 Å². The molecule has 2 heterocycles. The van der Waals surface area contributed by atoms with Gasteiger partial charge in [0.2, 0.25) is 0 Å². The number of carbonyl (C=O) groups excluding carboxylic acids is 3. The van der Waals surface area contributed by atoms with Crippen molar-refractivity contribution >= 4 is 17.7 Å². The number of nitrogens with one attached hydrogen (secondary N) is 1. The van der Waals surface area contributed by atoms with E-state index < -0.39 is 17.5 Å². The van der Waals surface area contributed by atoms with Crippen molar-refractivity contribution in [1.82, 2.24) is 10.2 Å². The molecule has 7 heteroatoms. The van der Waals surface area contributed by atoms with Gasteiger partial charge in [-0.25, -0.2) is 4.79 Å². The lowest BCUT2D eigenvalue weighted by molar-refractivity contribution is -0.132. The molecule has 7 nitrogen and oxygen atoms in total. The number of Topliss-reactive ketones (excluding diaryl/α,β-unsaturated/α-hetero) is 1. The van der Waals surface area contributed by atoms with E-state index in [4.69, 9.17) is 9.47 Å². The van der Waals surface area contributed by atoms with Crippen LogP contribution in [0, 0.1) is 0 Å². The number of urea groups is 1. The largest absolute Gasteiger partial charge is 0.497 e. The Morgan fingerprint density at radius 2 is 1.93 bits per heavy atom. The van der Waals surface area contributed by atoms with Crippen molar-refractivity contribution < 1.29 is 23.9 Å². The number of fused-ring (bicyclic) bond motifs is 2. The molecule has 4 rings (SSSR count). The number of amides is 3. The maximum Gasteiger partial charge on any atom is 0.325 e. The van der Waals surface area contributed by atoms with E-state index in [2.05, 4.69) is 5.32 Å². The molecule has 0 aliphatic carbocycles. The normalized spacial score (nSPS) is 20.9. The van der Waals surface area contributed by atoms with Gasteiger partial charge in [0.1, 0.15) is 11.5 Å². The Bertz CT molecular complexity index is 924. The number of methoxy groups -OCH3 is 1. The maximum absolute atomic E-state index is 13.1. The molecular weight excluding hydrogens is 348 g/mol. The lowest BCUT2D eigenvalue weighted by Gasteiger charge is -2.33. The third kappa shape index (κ3) is 2.71. The molecular formula is C20H18N2O5. The number of hydrogen-bond acceptors (Lipinski definition) is 5. The summed E-state index contributed by atoms with van der Waals surface area (Å²) in [5.41, 5.74) is -0.148. The number of ether oxygens (including phenoxy) is 2. The molecule has 138 valence electrons. The second-order valence-corrected chi connectivity index (χ2v) is 6.47. The molecule has 2 aliphatic rings. The van der Waals surface area contributed by atoms with Crippen molar-refractivity contribution in [1.29, 1.82) is 0 Å². The number of nitrogens with zero attached hydrogens (tertiary/aromatic N) is 1. The van der Waals surface area contributed by atoms with E-state index in [9.17, 15) is 14.4 Å². The van der Waals surface area contributed by atoms with Crippen LogP contribution in [0.25, 0.3) is 0 Å². The zero-order chi connectivity index (χ0) is 19.0. The highest BCUT2D eigenvalue weighted by Crippen LogP contribution is 2.40. The van der Waals surface area contributed by atoms with Gasteiger partial charge in [0.15, 0.2) is 11.3 Å². The van der Waals surface area contributed by atoms with Crippen LogP contribution in [0.2, 0.25) is 0 Å². The Balaban J connectivity index is 1.60. The summed E-state index contributed by atoms with van der Waals surface area (Å²) in [6.07, 6.45) is 0.321. The third-order valence-electron chi connectivity index (χ3n) is 4.97. The first-order valence-electron chi connectivity index (χ1n) is 8.59. The minimum atomic E-state index is -1.17. The van der Waals surface area contributed by atoms with E-state index in [1.807, 2.05) is 6.07 Å². The molecule has 2 aromatic carbocycles. The first-order chi connectivity index (χ1) is 13.0. The van der Waals surface area contributed by atoms with E-state index in [0.29, 0.717) is 35.7 Å². The van der Waals surface area contributed by atoms with Crippen LogP contribution >= 0.6 is 0 Å². The molecule has 2 aromatic rings. The van der Waals surface area contributed by atoms with Crippen LogP contribution in [0.15, 0.2) is 48.5 Å². The van der Waals surface area contributed by atoms with Crippen molar-refractivity contribution in [3.63, 3.8) is 0 Å². The van der Waals surface area contributed by atoms with Crippen molar-refractivity contribution in [2.24, 2.45) is 0 Å². The van der Waals surface area contributed by atoms with Crippen LogP contribution in [0.4, 0.5) is 4.79 Å². The summed E-state index contributed by atoms with van der Waals surface area (Å²) in [5, 5.41) is 2.79. The summed E-state index contributed by atoms with van der Waals surface area (Å²) in [7, 11) is 1.54. The summed E-state index contributed by atoms with van der Waals surface area (Å²) in [4.78, 5) is 39.2. The fourth-order valence-electron chi connectivity index (χ4n) is 3.53. The average Bonchev–Trinajstić information content (AvgIpc) is 2.93. The highest BCUT2D eigenvalue weighted by Gasteiger charge is 2.55. The number of carbonyl (C=O) groups is 3. The van der Waals surface area contributed by atoms with Crippen LogP contribution in [0.3, 0.4) is 0 Å². The van der Waals surface area contributed by atoms with Crippen LogP contribution in [0.1, 0.15) is 22.3 Å². The molecule has 1 unspecified atom stereocenters. The molecule has 1 atom stereocenters. The molecule has 2 aliphatic heterocycles. The second kappa shape index (κ2) is 6.42. The van der Waals surface area contributed by atoms with Gasteiger partial charge in [-0.15, -0.1) is 0 Å². The highest BCUT2D eigenvalue weighted by molar-refractivity contribution is 6.11. The van der Waals surface area contributed by atoms with E-state index >= 15 is 0 Å². The standard InChI is InChI=1S/C20H18N2O5/c1-26-14-8-6-13(7-9-14)16(23)12-22-18(24)20(21-19(22)25)10-11-27-17-5-3-2-4-15(17)20/h2-9H,10-12H2,1H3,(H,21,25). The topological polar surface area (TPSA) is 84.9 Å². The van der Waals surface area contributed by atoms with Gasteiger partial charge in [0.05, 0.1) is 20.3 Å². The summed E-state index contributed by atoms with van der Waals surface area (Å²) in [5.74, 6) is 0.448. The van der Waals surface area contributed by atoms with Gasteiger partial charge < -0.3 is 14.8 Å². The Hall–Kier alpha value is -3.35. The first kappa shape index (κ1) is 17.1. The Morgan fingerprint density at radius 3 is 2.67 bits per heavy atom. The number of benzene rings is 2. The van der Waals surface area contributed by atoms with Gasteiger partial charge in [-0.1, -0.05) is 18.2 Å². The Morgan fingerprint density at radius 1 is 1.19 bits per heavy atom. The van der Waals surface area contributed by atoms with Crippen LogP contribution in [-0.4, -0.2) is 42.9 Å². The monoisotopic (exact) mass is 366 g/mol. The molecule has 1 fully saturated rings. The van der Waals surface area contributed by atoms with Gasteiger partial charge in [-0.2, -0.15) is 0 Å². The van der Waals surface area contributed by atoms with Crippen LogP contribution < -0.4 is 14.8 Å². The van der Waals surface area contributed by atoms with Gasteiger partial charge >= 0.3 is 6.03 Å². The first-order valence-corrected chi connectivity index (χ1v) is 8.59. The van der Waals surface area contributed by atoms with Crippen molar-refractivity contribution in [3.05, 3.63) is 59.7 Å². The second-order valence-electron chi connectivity index (χ2n) is 6.47. The van der Waals surface area contributed by atoms with Gasteiger partial charge in [0, 0.05) is 17.5 Å². The number of para-hydroxylation sites is 1. The Labute approximate surface area is 155 Å². The zero-order valence-electron chi connectivity index (χ0n) is 14.7. The molecule has 0 radical (unpaired) electrons. The van der Waals surface area contributed by atoms with Gasteiger partial charge in [-0.05, 0) is 30.3 Å². The van der Waals surface area contributed by atoms with Crippen molar-refractivity contribution in [2.45, 2.75) is 12.0 Å². The van der Waals surface area contributed by atoms with Crippen LogP contribution in [-0.2, 0) is 10.3 Å². The van der Waals surface area contributed by atoms with Gasteiger partial charge in [0.25, 0.3) is 5.91 Å². The molecule has 27 heavy (non-hydrogen) atoms. The third-order valence-corrected chi connectivity index (χ3v) is 4.97. The molecule has 1 N–H and O–H groups in total. The summed E-state index contributed by atoms with van der Waals surface area (Å²) in [6.45, 7) is -0.00886. The predicted molar refractivity (Wildman–Crippen MR) is 95.8 cm³/mol.